The van der Waals surface area contributed by atoms with Crippen molar-refractivity contribution in [2.75, 3.05) is 25.5 Å². The van der Waals surface area contributed by atoms with Crippen LogP contribution in [0.15, 0.2) is 72.0 Å². The zero-order valence-electron chi connectivity index (χ0n) is 20.2. The van der Waals surface area contributed by atoms with Gasteiger partial charge in [0.05, 0.1) is 34.9 Å². The van der Waals surface area contributed by atoms with Crippen molar-refractivity contribution in [1.82, 2.24) is 20.2 Å². The molecule has 0 spiro atoms. The molecular formula is C27H27N7O2. The molecule has 2 heterocycles. The smallest absolute Gasteiger partial charge is 0.253 e. The molecule has 0 aliphatic rings. The van der Waals surface area contributed by atoms with Crippen LogP contribution < -0.4 is 20.7 Å². The number of amides is 1. The van der Waals surface area contributed by atoms with Crippen molar-refractivity contribution in [3.05, 3.63) is 83.7 Å². The second-order valence-corrected chi connectivity index (χ2v) is 8.02. The maximum absolute atomic E-state index is 12.8. The van der Waals surface area contributed by atoms with E-state index in [0.717, 1.165) is 23.4 Å². The molecule has 0 unspecified atom stereocenters. The maximum atomic E-state index is 12.8. The molecule has 36 heavy (non-hydrogen) atoms. The fourth-order valence-corrected chi connectivity index (χ4v) is 3.75. The molecule has 0 saturated heterocycles. The van der Waals surface area contributed by atoms with Crippen molar-refractivity contribution in [2.45, 2.75) is 13.3 Å². The molecule has 0 aliphatic carbocycles. The molecule has 4 rings (SSSR count). The molecule has 4 aromatic rings. The maximum Gasteiger partial charge on any atom is 0.253 e. The van der Waals surface area contributed by atoms with E-state index in [0.29, 0.717) is 41.2 Å². The second-order valence-electron chi connectivity index (χ2n) is 8.02. The summed E-state index contributed by atoms with van der Waals surface area (Å²) < 4.78 is 7.48. The van der Waals surface area contributed by atoms with E-state index in [1.165, 1.54) is 6.20 Å². The number of nitriles is 1. The summed E-state index contributed by atoms with van der Waals surface area (Å²) in [6.45, 7) is 3.09. The molecule has 0 atom stereocenters. The predicted octanol–water partition coefficient (Wildman–Crippen LogP) is 4.42. The summed E-state index contributed by atoms with van der Waals surface area (Å²) in [6, 6.07) is 19.2. The number of carbonyl (C=O) groups excluding carboxylic acids is 1. The van der Waals surface area contributed by atoms with Crippen LogP contribution in [0, 0.1) is 18.3 Å². The summed E-state index contributed by atoms with van der Waals surface area (Å²) in [5.74, 6) is 1.26. The van der Waals surface area contributed by atoms with Crippen LogP contribution in [0.2, 0.25) is 0 Å². The number of rotatable bonds is 10. The number of carbonyl (C=O) groups is 1. The van der Waals surface area contributed by atoms with E-state index in [1.54, 1.807) is 24.1 Å². The van der Waals surface area contributed by atoms with Gasteiger partial charge in [0.2, 0.25) is 0 Å². The zero-order chi connectivity index (χ0) is 25.3. The number of para-hydroxylation sites is 1. The van der Waals surface area contributed by atoms with Crippen LogP contribution in [0.3, 0.4) is 0 Å². The van der Waals surface area contributed by atoms with Gasteiger partial charge in [-0.25, -0.2) is 4.52 Å². The topological polar surface area (TPSA) is 116 Å². The molecule has 2 aromatic heterocycles. The highest BCUT2D eigenvalue weighted by Crippen LogP contribution is 2.31. The van der Waals surface area contributed by atoms with E-state index in [4.69, 9.17) is 4.74 Å². The Morgan fingerprint density at radius 2 is 1.89 bits per heavy atom. The van der Waals surface area contributed by atoms with Crippen molar-refractivity contribution in [3.63, 3.8) is 0 Å². The van der Waals surface area contributed by atoms with Crippen molar-refractivity contribution in [3.8, 4) is 17.6 Å². The lowest BCUT2D eigenvalue weighted by molar-refractivity contribution is 0.0953. The first-order valence-corrected chi connectivity index (χ1v) is 11.5. The Bertz CT molecular complexity index is 1400. The zero-order valence-corrected chi connectivity index (χ0v) is 20.2. The lowest BCUT2D eigenvalue weighted by Gasteiger charge is -2.12. The van der Waals surface area contributed by atoms with Gasteiger partial charge < -0.3 is 20.7 Å². The Balaban J connectivity index is 1.53. The van der Waals surface area contributed by atoms with Gasteiger partial charge in [-0.2, -0.15) is 10.4 Å². The van der Waals surface area contributed by atoms with E-state index < -0.39 is 0 Å². The molecule has 0 radical (unpaired) electrons. The van der Waals surface area contributed by atoms with Gasteiger partial charge in [-0.1, -0.05) is 18.2 Å². The van der Waals surface area contributed by atoms with E-state index in [1.807, 2.05) is 61.5 Å². The molecule has 0 saturated carbocycles. The minimum Gasteiger partial charge on any atom is -0.457 e. The number of nitrogens with zero attached hydrogens (tertiary/aromatic N) is 4. The molecule has 0 aliphatic heterocycles. The average Bonchev–Trinajstić information content (AvgIpc) is 3.24. The monoisotopic (exact) mass is 481 g/mol. The van der Waals surface area contributed by atoms with Crippen molar-refractivity contribution < 1.29 is 9.53 Å². The Morgan fingerprint density at radius 3 is 2.61 bits per heavy atom. The summed E-state index contributed by atoms with van der Waals surface area (Å²) in [6.07, 6.45) is 5.57. The van der Waals surface area contributed by atoms with Crippen LogP contribution in [0.4, 0.5) is 11.4 Å². The Kier molecular flexibility index (Phi) is 7.78. The third kappa shape index (κ3) is 5.62. The van der Waals surface area contributed by atoms with Crippen LogP contribution >= 0.6 is 0 Å². The number of anilines is 2. The van der Waals surface area contributed by atoms with Gasteiger partial charge in [0.1, 0.15) is 17.6 Å². The fraction of sp³-hybridized carbons (Fsp3) is 0.185. The van der Waals surface area contributed by atoms with Gasteiger partial charge >= 0.3 is 0 Å². The highest BCUT2D eigenvalue weighted by atomic mass is 16.5. The molecule has 0 fully saturated rings. The Labute approximate surface area is 209 Å². The van der Waals surface area contributed by atoms with Crippen LogP contribution in [-0.4, -0.2) is 42.0 Å². The van der Waals surface area contributed by atoms with E-state index in [-0.39, 0.29) is 5.91 Å². The molecule has 1 amide bonds. The van der Waals surface area contributed by atoms with Crippen molar-refractivity contribution in [1.29, 1.82) is 5.26 Å². The van der Waals surface area contributed by atoms with Crippen molar-refractivity contribution >= 4 is 29.1 Å². The highest BCUT2D eigenvalue weighted by Gasteiger charge is 2.19. The van der Waals surface area contributed by atoms with Gasteiger partial charge in [-0.3, -0.25) is 9.79 Å². The number of nitrogens with one attached hydrogen (secondary N) is 3. The van der Waals surface area contributed by atoms with Crippen LogP contribution in [0.5, 0.6) is 11.5 Å². The number of ether oxygens (including phenoxy) is 1. The largest absolute Gasteiger partial charge is 0.457 e. The first kappa shape index (κ1) is 24.3. The van der Waals surface area contributed by atoms with Gasteiger partial charge in [0.15, 0.2) is 0 Å². The van der Waals surface area contributed by atoms with Crippen molar-refractivity contribution in [2.24, 2.45) is 4.99 Å². The minimum absolute atomic E-state index is 0.186. The summed E-state index contributed by atoms with van der Waals surface area (Å²) in [5.41, 5.74) is 3.65. The number of aryl methyl sites for hydroxylation is 1. The van der Waals surface area contributed by atoms with E-state index >= 15 is 0 Å². The highest BCUT2D eigenvalue weighted by molar-refractivity contribution is 6.00. The van der Waals surface area contributed by atoms with E-state index in [2.05, 4.69) is 32.1 Å². The predicted molar refractivity (Wildman–Crippen MR) is 140 cm³/mol. The first-order chi connectivity index (χ1) is 17.6. The summed E-state index contributed by atoms with van der Waals surface area (Å²) in [7, 11) is 1.69. The third-order valence-corrected chi connectivity index (χ3v) is 5.53. The molecule has 9 nitrogen and oxygen atoms in total. The normalized spacial score (nSPS) is 10.8. The van der Waals surface area contributed by atoms with Gasteiger partial charge in [-0.05, 0) is 55.3 Å². The Hall–Kier alpha value is -4.84. The lowest BCUT2D eigenvalue weighted by Crippen LogP contribution is -2.27. The minimum atomic E-state index is -0.186. The standard InChI is InChI=1S/C27H27N7O2/c1-19-24(27(35)31-14-6-13-30-18-29-2)17-34-26(19)25(20(15-28)16-32-34)33-21-9-11-23(12-10-21)36-22-7-4-3-5-8-22/h3-5,7-12,16-18,33H,6,13-14H2,1-2H3,(H,29,30)(H,31,35). The molecule has 182 valence electrons. The van der Waals surface area contributed by atoms with Crippen LogP contribution in [-0.2, 0) is 0 Å². The average molecular weight is 482 g/mol. The second kappa shape index (κ2) is 11.5. The molecule has 9 heteroatoms. The van der Waals surface area contributed by atoms with Gasteiger partial charge in [-0.15, -0.1) is 0 Å². The number of hydrogen-bond acceptors (Lipinski definition) is 6. The van der Waals surface area contributed by atoms with Gasteiger partial charge in [0, 0.05) is 32.0 Å². The number of aliphatic imine (C=N–C) groups is 1. The third-order valence-electron chi connectivity index (χ3n) is 5.53. The van der Waals surface area contributed by atoms with Crippen LogP contribution in [0.25, 0.3) is 5.52 Å². The molecular weight excluding hydrogens is 454 g/mol. The quantitative estimate of drug-likeness (QED) is 0.175. The first-order valence-electron chi connectivity index (χ1n) is 11.5. The summed E-state index contributed by atoms with van der Waals surface area (Å²) >= 11 is 0. The summed E-state index contributed by atoms with van der Waals surface area (Å²) in [5, 5.41) is 23.4. The lowest BCUT2D eigenvalue weighted by atomic mass is 10.1. The molecule has 0 bridgehead atoms. The number of fused-ring (bicyclic) bond motifs is 1. The number of benzene rings is 2. The number of aromatic nitrogens is 2. The SMILES string of the molecule is CN=CNCCCNC(=O)c1cn2ncc(C#N)c(Nc3ccc(Oc4ccccc4)cc3)c2c1C. The fourth-order valence-electron chi connectivity index (χ4n) is 3.75. The van der Waals surface area contributed by atoms with E-state index in [9.17, 15) is 10.1 Å². The molecule has 3 N–H and O–H groups in total. The van der Waals surface area contributed by atoms with Gasteiger partial charge in [0.25, 0.3) is 5.91 Å². The molecule has 2 aromatic carbocycles. The Morgan fingerprint density at radius 1 is 1.14 bits per heavy atom. The van der Waals surface area contributed by atoms with Crippen LogP contribution in [0.1, 0.15) is 27.9 Å². The summed E-state index contributed by atoms with van der Waals surface area (Å²) in [4.78, 5) is 16.7. The number of hydrogen-bond donors (Lipinski definition) is 3.